The maximum Gasteiger partial charge on any atom is 0.320 e. The third-order valence-electron chi connectivity index (χ3n) is 1.51. The molecule has 0 bridgehead atoms. The van der Waals surface area contributed by atoms with Gasteiger partial charge < -0.3 is 5.11 Å². The van der Waals surface area contributed by atoms with E-state index >= 15 is 0 Å². The quantitative estimate of drug-likeness (QED) is 0.737. The Morgan fingerprint density at radius 3 is 1.60 bits per heavy atom. The van der Waals surface area contributed by atoms with Crippen LogP contribution >= 0.6 is 0 Å². The Kier molecular flexibility index (Phi) is 4.32. The van der Waals surface area contributed by atoms with Gasteiger partial charge in [-0.3, -0.25) is 0 Å². The van der Waals surface area contributed by atoms with Crippen molar-refractivity contribution in [3.63, 3.8) is 0 Å². The Bertz CT molecular complexity index is 205. The lowest BCUT2D eigenvalue weighted by atomic mass is 10.0. The Hall–Kier alpha value is -0.600. The van der Waals surface area contributed by atoms with Crippen LogP contribution in [-0.2, 0) is 0 Å². The lowest BCUT2D eigenvalue weighted by molar-refractivity contribution is -0.233. The van der Waals surface area contributed by atoms with Crippen LogP contribution in [0.25, 0.3) is 0 Å². The SMILES string of the molecule is OCC(F)(F)C(F)C(F)(F)C(F)C(F)F. The second kappa shape index (κ2) is 4.50. The maximum atomic E-state index is 12.3. The number of halogens is 8. The van der Waals surface area contributed by atoms with Gasteiger partial charge in [0.15, 0.2) is 0 Å². The van der Waals surface area contributed by atoms with Gasteiger partial charge in [-0.25, -0.2) is 26.3 Å². The number of aliphatic hydroxyl groups excluding tert-OH is 1. The van der Waals surface area contributed by atoms with Crippen molar-refractivity contribution in [2.75, 3.05) is 6.61 Å². The molecule has 9 heteroatoms. The van der Waals surface area contributed by atoms with E-state index in [0.29, 0.717) is 0 Å². The lowest BCUT2D eigenvalue weighted by Gasteiger charge is -2.28. The molecular formula is C6H6F8O. The summed E-state index contributed by atoms with van der Waals surface area (Å²) in [7, 11) is 0. The van der Waals surface area contributed by atoms with Gasteiger partial charge in [-0.15, -0.1) is 0 Å². The van der Waals surface area contributed by atoms with E-state index in [0.717, 1.165) is 0 Å². The number of rotatable bonds is 5. The van der Waals surface area contributed by atoms with Crippen LogP contribution in [0.15, 0.2) is 0 Å². The summed E-state index contributed by atoms with van der Waals surface area (Å²) >= 11 is 0. The maximum absolute atomic E-state index is 12.3. The van der Waals surface area contributed by atoms with Crippen molar-refractivity contribution in [2.24, 2.45) is 0 Å². The molecule has 0 radical (unpaired) electrons. The highest BCUT2D eigenvalue weighted by molar-refractivity contribution is 4.94. The molecule has 15 heavy (non-hydrogen) atoms. The molecule has 0 aromatic rings. The monoisotopic (exact) mass is 246 g/mol. The molecule has 1 N–H and O–H groups in total. The lowest BCUT2D eigenvalue weighted by Crippen LogP contribution is -2.53. The summed E-state index contributed by atoms with van der Waals surface area (Å²) in [6.07, 6.45) is -13.2. The molecule has 0 aliphatic carbocycles. The molecule has 0 heterocycles. The van der Waals surface area contributed by atoms with E-state index in [1.54, 1.807) is 0 Å². The Labute approximate surface area is 78.7 Å². The summed E-state index contributed by atoms with van der Waals surface area (Å²) < 4.78 is 96.2. The third-order valence-corrected chi connectivity index (χ3v) is 1.51. The van der Waals surface area contributed by atoms with Crippen LogP contribution in [0.5, 0.6) is 0 Å². The number of alkyl halides is 8. The Morgan fingerprint density at radius 1 is 0.933 bits per heavy atom. The minimum absolute atomic E-state index is 2.33. The van der Waals surface area contributed by atoms with Crippen molar-refractivity contribution in [3.05, 3.63) is 0 Å². The van der Waals surface area contributed by atoms with E-state index in [1.807, 2.05) is 0 Å². The highest BCUT2D eigenvalue weighted by Crippen LogP contribution is 2.38. The van der Waals surface area contributed by atoms with Crippen molar-refractivity contribution in [1.29, 1.82) is 0 Å². The van der Waals surface area contributed by atoms with Gasteiger partial charge >= 0.3 is 11.8 Å². The van der Waals surface area contributed by atoms with Crippen LogP contribution in [0.2, 0.25) is 0 Å². The predicted octanol–water partition coefficient (Wildman–Crippen LogP) is 2.19. The molecule has 0 aromatic carbocycles. The van der Waals surface area contributed by atoms with Gasteiger partial charge in [-0.05, 0) is 0 Å². The zero-order chi connectivity index (χ0) is 12.4. The van der Waals surface area contributed by atoms with E-state index in [-0.39, 0.29) is 0 Å². The first kappa shape index (κ1) is 14.4. The van der Waals surface area contributed by atoms with E-state index in [1.165, 1.54) is 0 Å². The zero-order valence-corrected chi connectivity index (χ0v) is 6.91. The summed E-state index contributed by atoms with van der Waals surface area (Å²) in [4.78, 5) is 0. The van der Waals surface area contributed by atoms with Crippen LogP contribution in [-0.4, -0.2) is 42.3 Å². The zero-order valence-electron chi connectivity index (χ0n) is 6.91. The molecule has 0 saturated carbocycles. The van der Waals surface area contributed by atoms with Crippen molar-refractivity contribution >= 4 is 0 Å². The minimum atomic E-state index is -5.57. The first-order valence-electron chi connectivity index (χ1n) is 3.50. The molecule has 0 amide bonds. The largest absolute Gasteiger partial charge is 0.390 e. The third kappa shape index (κ3) is 2.93. The van der Waals surface area contributed by atoms with Gasteiger partial charge in [0.25, 0.3) is 6.43 Å². The van der Waals surface area contributed by atoms with Crippen LogP contribution in [0.4, 0.5) is 35.1 Å². The molecule has 0 aliphatic rings. The highest BCUT2D eigenvalue weighted by Gasteiger charge is 2.62. The summed E-state index contributed by atoms with van der Waals surface area (Å²) in [5, 5.41) is 7.81. The van der Waals surface area contributed by atoms with Gasteiger partial charge in [0, 0.05) is 0 Å². The summed E-state index contributed by atoms with van der Waals surface area (Å²) in [5.74, 6) is -10.6. The molecule has 0 fully saturated rings. The minimum Gasteiger partial charge on any atom is -0.390 e. The summed E-state index contributed by atoms with van der Waals surface area (Å²) in [5.41, 5.74) is 0. The second-order valence-electron chi connectivity index (χ2n) is 2.69. The van der Waals surface area contributed by atoms with Crippen molar-refractivity contribution in [2.45, 2.75) is 30.6 Å². The van der Waals surface area contributed by atoms with Gasteiger partial charge in [-0.2, -0.15) is 8.78 Å². The first-order valence-corrected chi connectivity index (χ1v) is 3.50. The first-order chi connectivity index (χ1) is 6.57. The van der Waals surface area contributed by atoms with Crippen LogP contribution in [0.1, 0.15) is 0 Å². The molecule has 2 atom stereocenters. The predicted molar refractivity (Wildman–Crippen MR) is 32.8 cm³/mol. The Balaban J connectivity index is 4.87. The van der Waals surface area contributed by atoms with E-state index < -0.39 is 37.2 Å². The van der Waals surface area contributed by atoms with E-state index in [9.17, 15) is 35.1 Å². The normalized spacial score (nSPS) is 18.0. The molecule has 0 aliphatic heterocycles. The number of hydrogen-bond donors (Lipinski definition) is 1. The molecule has 2 unspecified atom stereocenters. The van der Waals surface area contributed by atoms with Gasteiger partial charge in [0.05, 0.1) is 0 Å². The van der Waals surface area contributed by atoms with Gasteiger partial charge in [0.2, 0.25) is 12.3 Å². The molecule has 0 rings (SSSR count). The van der Waals surface area contributed by atoms with Crippen molar-refractivity contribution in [1.82, 2.24) is 0 Å². The average molecular weight is 246 g/mol. The highest BCUT2D eigenvalue weighted by atomic mass is 19.3. The van der Waals surface area contributed by atoms with Crippen molar-refractivity contribution in [3.8, 4) is 0 Å². The molecule has 0 spiro atoms. The smallest absolute Gasteiger partial charge is 0.320 e. The summed E-state index contributed by atoms with van der Waals surface area (Å²) in [6, 6.07) is 0. The van der Waals surface area contributed by atoms with Crippen LogP contribution in [0, 0.1) is 0 Å². The van der Waals surface area contributed by atoms with Crippen LogP contribution < -0.4 is 0 Å². The molecule has 0 aromatic heterocycles. The fourth-order valence-corrected chi connectivity index (χ4v) is 0.669. The fraction of sp³-hybridized carbons (Fsp3) is 1.00. The second-order valence-corrected chi connectivity index (χ2v) is 2.69. The molecule has 0 saturated heterocycles. The fourth-order valence-electron chi connectivity index (χ4n) is 0.669. The van der Waals surface area contributed by atoms with E-state index in [2.05, 4.69) is 0 Å². The summed E-state index contributed by atoms with van der Waals surface area (Å²) in [6.45, 7) is -2.33. The van der Waals surface area contributed by atoms with Crippen molar-refractivity contribution < 1.29 is 40.2 Å². The van der Waals surface area contributed by atoms with E-state index in [4.69, 9.17) is 5.11 Å². The number of aliphatic hydroxyl groups is 1. The number of hydrogen-bond acceptors (Lipinski definition) is 1. The molecule has 1 nitrogen and oxygen atoms in total. The van der Waals surface area contributed by atoms with Gasteiger partial charge in [-0.1, -0.05) is 0 Å². The Morgan fingerprint density at radius 2 is 1.33 bits per heavy atom. The average Bonchev–Trinajstić information content (AvgIpc) is 2.15. The topological polar surface area (TPSA) is 20.2 Å². The standard InChI is InChI=1S/C6H6F8O/c7-2(3(8)9)6(13,14)4(10)5(11,12)1-15/h2-4,15H,1H2. The van der Waals surface area contributed by atoms with Crippen LogP contribution in [0.3, 0.4) is 0 Å². The van der Waals surface area contributed by atoms with Gasteiger partial charge in [0.1, 0.15) is 6.61 Å². The molecular weight excluding hydrogens is 240 g/mol. The molecule has 92 valence electrons.